The molecule has 1 aromatic heterocycles. The van der Waals surface area contributed by atoms with Crippen LogP contribution in [0, 0.1) is 5.92 Å². The lowest BCUT2D eigenvalue weighted by Gasteiger charge is -2.26. The van der Waals surface area contributed by atoms with Crippen LogP contribution in [-0.2, 0) is 17.1 Å². The molecule has 0 unspecified atom stereocenters. The minimum atomic E-state index is -3.48. The highest BCUT2D eigenvalue weighted by Crippen LogP contribution is 2.25. The first-order valence-electron chi connectivity index (χ1n) is 8.85. The van der Waals surface area contributed by atoms with Gasteiger partial charge in [-0.3, -0.25) is 4.79 Å². The molecule has 0 aromatic carbocycles. The number of rotatable bonds is 4. The Morgan fingerprint density at radius 2 is 1.79 bits per heavy atom. The number of aryl methyl sites for hydroxylation is 1. The van der Waals surface area contributed by atoms with Gasteiger partial charge in [0.15, 0.2) is 0 Å². The number of carbonyl (C=O) groups is 1. The van der Waals surface area contributed by atoms with E-state index in [4.69, 9.17) is 0 Å². The second kappa shape index (κ2) is 6.88. The van der Waals surface area contributed by atoms with Crippen LogP contribution in [0.15, 0.2) is 17.2 Å². The molecule has 1 aromatic rings. The van der Waals surface area contributed by atoms with Gasteiger partial charge < -0.3 is 9.88 Å². The molecule has 6 nitrogen and oxygen atoms in total. The van der Waals surface area contributed by atoms with Gasteiger partial charge in [0.25, 0.3) is 5.91 Å². The van der Waals surface area contributed by atoms with Crippen molar-refractivity contribution in [3.05, 3.63) is 18.0 Å². The number of hydrogen-bond donors (Lipinski definition) is 1. The van der Waals surface area contributed by atoms with Gasteiger partial charge in [0, 0.05) is 32.4 Å². The second-order valence-corrected chi connectivity index (χ2v) is 9.15. The average molecular weight is 353 g/mol. The van der Waals surface area contributed by atoms with E-state index in [1.54, 1.807) is 17.8 Å². The fourth-order valence-corrected chi connectivity index (χ4v) is 5.23. The van der Waals surface area contributed by atoms with Gasteiger partial charge in [-0.15, -0.1) is 0 Å². The number of aromatic nitrogens is 1. The van der Waals surface area contributed by atoms with Crippen LogP contribution in [0.1, 0.15) is 55.9 Å². The summed E-state index contributed by atoms with van der Waals surface area (Å²) in [7, 11) is -1.76. The third-order valence-corrected chi connectivity index (χ3v) is 7.13. The molecule has 1 amide bonds. The summed E-state index contributed by atoms with van der Waals surface area (Å²) in [6, 6.07) is 1.70. The summed E-state index contributed by atoms with van der Waals surface area (Å²) in [6.07, 6.45) is 7.61. The van der Waals surface area contributed by atoms with Crippen molar-refractivity contribution >= 4 is 15.9 Å². The maximum Gasteiger partial charge on any atom is 0.268 e. The first-order valence-corrected chi connectivity index (χ1v) is 10.3. The number of carbonyl (C=O) groups excluding carboxylic acids is 1. The topological polar surface area (TPSA) is 71.4 Å². The molecule has 24 heavy (non-hydrogen) atoms. The van der Waals surface area contributed by atoms with Crippen LogP contribution in [0.5, 0.6) is 0 Å². The van der Waals surface area contributed by atoms with E-state index in [1.165, 1.54) is 10.4 Å². The Morgan fingerprint density at radius 3 is 2.42 bits per heavy atom. The fraction of sp³-hybridized carbons (Fsp3) is 0.706. The highest BCUT2D eigenvalue weighted by atomic mass is 32.2. The molecule has 7 heteroatoms. The van der Waals surface area contributed by atoms with Crippen LogP contribution in [-0.4, -0.2) is 42.3 Å². The summed E-state index contributed by atoms with van der Waals surface area (Å²) in [5, 5.41) is 3.06. The SMILES string of the molecule is CC1CCC(NC(=O)c2cc(S(=O)(=O)N3CCCC3)cn2C)CC1. The molecular formula is C17H27N3O3S. The van der Waals surface area contributed by atoms with Crippen molar-refractivity contribution in [2.24, 2.45) is 13.0 Å². The van der Waals surface area contributed by atoms with Crippen LogP contribution >= 0.6 is 0 Å². The van der Waals surface area contributed by atoms with Crippen LogP contribution in [0.4, 0.5) is 0 Å². The summed E-state index contributed by atoms with van der Waals surface area (Å²) in [4.78, 5) is 12.8. The van der Waals surface area contributed by atoms with E-state index in [1.807, 2.05) is 0 Å². The lowest BCUT2D eigenvalue weighted by molar-refractivity contribution is 0.0914. The first kappa shape index (κ1) is 17.5. The average Bonchev–Trinajstić information content (AvgIpc) is 3.19. The summed E-state index contributed by atoms with van der Waals surface area (Å²) in [6.45, 7) is 3.38. The quantitative estimate of drug-likeness (QED) is 0.901. The Labute approximate surface area is 144 Å². The third kappa shape index (κ3) is 3.52. The summed E-state index contributed by atoms with van der Waals surface area (Å²) >= 11 is 0. The van der Waals surface area contributed by atoms with Crippen molar-refractivity contribution in [1.82, 2.24) is 14.2 Å². The van der Waals surface area contributed by atoms with E-state index >= 15 is 0 Å². The van der Waals surface area contributed by atoms with Crippen molar-refractivity contribution in [1.29, 1.82) is 0 Å². The van der Waals surface area contributed by atoms with Gasteiger partial charge in [-0.2, -0.15) is 4.31 Å². The monoisotopic (exact) mass is 353 g/mol. The summed E-state index contributed by atoms with van der Waals surface area (Å²) < 4.78 is 28.4. The Kier molecular flexibility index (Phi) is 5.01. The molecule has 0 spiro atoms. The molecule has 2 fully saturated rings. The fourth-order valence-electron chi connectivity index (χ4n) is 3.64. The Bertz CT molecular complexity index is 697. The number of amides is 1. The lowest BCUT2D eigenvalue weighted by Crippen LogP contribution is -2.38. The molecule has 134 valence electrons. The molecular weight excluding hydrogens is 326 g/mol. The van der Waals surface area contributed by atoms with Crippen LogP contribution in [0.3, 0.4) is 0 Å². The van der Waals surface area contributed by atoms with Crippen LogP contribution in [0.25, 0.3) is 0 Å². The highest BCUT2D eigenvalue weighted by molar-refractivity contribution is 7.89. The molecule has 0 radical (unpaired) electrons. The Hall–Kier alpha value is -1.34. The standard InChI is InChI=1S/C17H27N3O3S/c1-13-5-7-14(8-6-13)18-17(21)16-11-15(12-19(16)2)24(22,23)20-9-3-4-10-20/h11-14H,3-10H2,1-2H3,(H,18,21). The van der Waals surface area contributed by atoms with Gasteiger partial charge in [-0.05, 0) is 50.5 Å². The van der Waals surface area contributed by atoms with Gasteiger partial charge >= 0.3 is 0 Å². The molecule has 1 aliphatic heterocycles. The molecule has 2 aliphatic rings. The van der Waals surface area contributed by atoms with E-state index < -0.39 is 10.0 Å². The van der Waals surface area contributed by atoms with Gasteiger partial charge in [0.2, 0.25) is 10.0 Å². The van der Waals surface area contributed by atoms with Crippen molar-refractivity contribution < 1.29 is 13.2 Å². The minimum Gasteiger partial charge on any atom is -0.348 e. The summed E-state index contributed by atoms with van der Waals surface area (Å²) in [5.74, 6) is 0.547. The lowest BCUT2D eigenvalue weighted by atomic mass is 9.87. The molecule has 1 saturated carbocycles. The van der Waals surface area contributed by atoms with Gasteiger partial charge in [-0.25, -0.2) is 8.42 Å². The molecule has 1 N–H and O–H groups in total. The molecule has 1 aliphatic carbocycles. The highest BCUT2D eigenvalue weighted by Gasteiger charge is 2.30. The van der Waals surface area contributed by atoms with Gasteiger partial charge in [0.1, 0.15) is 10.6 Å². The number of nitrogens with one attached hydrogen (secondary N) is 1. The zero-order valence-electron chi connectivity index (χ0n) is 14.5. The number of nitrogens with zero attached hydrogens (tertiary/aromatic N) is 2. The van der Waals surface area contributed by atoms with Crippen molar-refractivity contribution in [3.63, 3.8) is 0 Å². The van der Waals surface area contributed by atoms with Crippen molar-refractivity contribution in [2.45, 2.75) is 56.4 Å². The normalized spacial score (nSPS) is 25.8. The van der Waals surface area contributed by atoms with E-state index in [0.717, 1.165) is 44.4 Å². The molecule has 1 saturated heterocycles. The smallest absolute Gasteiger partial charge is 0.268 e. The second-order valence-electron chi connectivity index (χ2n) is 7.21. The Morgan fingerprint density at radius 1 is 1.17 bits per heavy atom. The zero-order valence-corrected chi connectivity index (χ0v) is 15.3. The Balaban J connectivity index is 1.72. The van der Waals surface area contributed by atoms with Gasteiger partial charge in [0.05, 0.1) is 0 Å². The molecule has 0 bridgehead atoms. The zero-order chi connectivity index (χ0) is 17.3. The minimum absolute atomic E-state index is 0.181. The van der Waals surface area contributed by atoms with E-state index in [-0.39, 0.29) is 16.8 Å². The maximum absolute atomic E-state index is 12.6. The van der Waals surface area contributed by atoms with Crippen LogP contribution < -0.4 is 5.32 Å². The van der Waals surface area contributed by atoms with Gasteiger partial charge in [-0.1, -0.05) is 6.92 Å². The third-order valence-electron chi connectivity index (χ3n) is 5.27. The van der Waals surface area contributed by atoms with Crippen LogP contribution in [0.2, 0.25) is 0 Å². The largest absolute Gasteiger partial charge is 0.348 e. The predicted molar refractivity (Wildman–Crippen MR) is 92.3 cm³/mol. The van der Waals surface area contributed by atoms with E-state index in [9.17, 15) is 13.2 Å². The van der Waals surface area contributed by atoms with E-state index in [2.05, 4.69) is 12.2 Å². The van der Waals surface area contributed by atoms with E-state index in [0.29, 0.717) is 18.8 Å². The number of sulfonamides is 1. The predicted octanol–water partition coefficient (Wildman–Crippen LogP) is 2.12. The first-order chi connectivity index (χ1) is 11.4. The van der Waals surface area contributed by atoms with Crippen molar-refractivity contribution in [3.8, 4) is 0 Å². The number of hydrogen-bond acceptors (Lipinski definition) is 3. The molecule has 0 atom stereocenters. The maximum atomic E-state index is 12.6. The van der Waals surface area contributed by atoms with Crippen molar-refractivity contribution in [2.75, 3.05) is 13.1 Å². The summed E-state index contributed by atoms with van der Waals surface area (Å²) in [5.41, 5.74) is 0.409. The molecule has 2 heterocycles. The molecule has 3 rings (SSSR count).